The number of morpholine rings is 1. The number of nitrogens with one attached hydrogen (secondary N) is 1. The molecule has 1 aromatic carbocycles. The summed E-state index contributed by atoms with van der Waals surface area (Å²) in [4.78, 5) is 29.2. The summed E-state index contributed by atoms with van der Waals surface area (Å²) in [7, 11) is 0. The summed E-state index contributed by atoms with van der Waals surface area (Å²) in [6.45, 7) is 4.93. The molecule has 0 atom stereocenters. The van der Waals surface area contributed by atoms with E-state index >= 15 is 0 Å². The fourth-order valence-corrected chi connectivity index (χ4v) is 3.99. The van der Waals surface area contributed by atoms with Crippen LogP contribution in [-0.2, 0) is 11.3 Å². The number of benzene rings is 1. The predicted molar refractivity (Wildman–Crippen MR) is 128 cm³/mol. The van der Waals surface area contributed by atoms with E-state index in [4.69, 9.17) is 9.72 Å². The summed E-state index contributed by atoms with van der Waals surface area (Å²) >= 11 is 0. The van der Waals surface area contributed by atoms with Gasteiger partial charge in [0.15, 0.2) is 11.5 Å². The Morgan fingerprint density at radius 2 is 1.85 bits per heavy atom. The number of hydrogen-bond acceptors (Lipinski definition) is 7. The van der Waals surface area contributed by atoms with Crippen molar-refractivity contribution < 1.29 is 9.13 Å². The van der Waals surface area contributed by atoms with E-state index in [0.717, 1.165) is 44.0 Å². The Morgan fingerprint density at radius 3 is 2.62 bits per heavy atom. The van der Waals surface area contributed by atoms with Crippen molar-refractivity contribution in [1.82, 2.24) is 24.4 Å². The number of hydrogen-bond donors (Lipinski definition) is 1. The van der Waals surface area contributed by atoms with Gasteiger partial charge < -0.3 is 10.1 Å². The van der Waals surface area contributed by atoms with Crippen LogP contribution in [0, 0.1) is 5.82 Å². The van der Waals surface area contributed by atoms with Crippen molar-refractivity contribution in [2.24, 2.45) is 0 Å². The molecule has 0 unspecified atom stereocenters. The van der Waals surface area contributed by atoms with Gasteiger partial charge in [-0.25, -0.2) is 14.4 Å². The van der Waals surface area contributed by atoms with Crippen LogP contribution in [0.15, 0.2) is 65.7 Å². The fourth-order valence-electron chi connectivity index (χ4n) is 3.99. The first-order chi connectivity index (χ1) is 16.7. The molecule has 1 aliphatic rings. The van der Waals surface area contributed by atoms with Gasteiger partial charge in [0, 0.05) is 44.1 Å². The first-order valence-electron chi connectivity index (χ1n) is 11.3. The monoisotopic (exact) mass is 460 g/mol. The minimum atomic E-state index is -0.313. The largest absolute Gasteiger partial charge is 0.379 e. The fraction of sp³-hybridized carbons (Fsp3) is 0.280. The van der Waals surface area contributed by atoms with Crippen LogP contribution in [0.5, 0.6) is 0 Å². The number of fused-ring (bicyclic) bond motifs is 1. The van der Waals surface area contributed by atoms with Crippen LogP contribution in [0.3, 0.4) is 0 Å². The van der Waals surface area contributed by atoms with Crippen molar-refractivity contribution in [3.05, 3.63) is 82.7 Å². The molecule has 0 bridgehead atoms. The Morgan fingerprint density at radius 1 is 1.03 bits per heavy atom. The van der Waals surface area contributed by atoms with Crippen molar-refractivity contribution in [2.75, 3.05) is 44.7 Å². The van der Waals surface area contributed by atoms with E-state index in [2.05, 4.69) is 20.2 Å². The number of halogens is 1. The van der Waals surface area contributed by atoms with Crippen molar-refractivity contribution in [3.8, 4) is 11.3 Å². The van der Waals surface area contributed by atoms with Gasteiger partial charge in [-0.15, -0.1) is 0 Å². The molecule has 9 heteroatoms. The van der Waals surface area contributed by atoms with Gasteiger partial charge in [-0.1, -0.05) is 6.07 Å². The maximum absolute atomic E-state index is 13.5. The molecule has 4 heterocycles. The lowest BCUT2D eigenvalue weighted by atomic mass is 10.1. The van der Waals surface area contributed by atoms with Gasteiger partial charge in [0.25, 0.3) is 5.56 Å². The van der Waals surface area contributed by atoms with Gasteiger partial charge in [-0.3, -0.25) is 19.2 Å². The second-order valence-corrected chi connectivity index (χ2v) is 8.14. The van der Waals surface area contributed by atoms with E-state index in [0.29, 0.717) is 35.8 Å². The van der Waals surface area contributed by atoms with Gasteiger partial charge in [-0.2, -0.15) is 0 Å². The highest BCUT2D eigenvalue weighted by Crippen LogP contribution is 2.21. The average Bonchev–Trinajstić information content (AvgIpc) is 2.88. The van der Waals surface area contributed by atoms with Crippen LogP contribution < -0.4 is 10.9 Å². The lowest BCUT2D eigenvalue weighted by molar-refractivity contribution is 0.0398. The van der Waals surface area contributed by atoms with Gasteiger partial charge in [-0.05, 0) is 48.0 Å². The third-order valence-electron chi connectivity index (χ3n) is 5.82. The van der Waals surface area contributed by atoms with Crippen LogP contribution in [-0.4, -0.2) is 63.8 Å². The quantitative estimate of drug-likeness (QED) is 0.454. The van der Waals surface area contributed by atoms with E-state index < -0.39 is 0 Å². The summed E-state index contributed by atoms with van der Waals surface area (Å²) in [6.07, 6.45) is 3.43. The van der Waals surface area contributed by atoms with Crippen molar-refractivity contribution in [1.29, 1.82) is 0 Å². The SMILES string of the molecule is O=c1c(NCCN2CCOCC2)nc2ccc(-c3ccc(F)cc3)nc2n1Cc1cccnc1. The summed E-state index contributed by atoms with van der Waals surface area (Å²) in [5, 5.41) is 3.22. The Bertz CT molecular complexity index is 1320. The molecule has 34 heavy (non-hydrogen) atoms. The van der Waals surface area contributed by atoms with E-state index in [1.54, 1.807) is 29.1 Å². The third-order valence-corrected chi connectivity index (χ3v) is 5.82. The molecule has 1 fully saturated rings. The Balaban J connectivity index is 1.50. The van der Waals surface area contributed by atoms with E-state index in [1.165, 1.54) is 12.1 Å². The second kappa shape index (κ2) is 10.1. The normalized spacial score (nSPS) is 14.4. The van der Waals surface area contributed by atoms with Gasteiger partial charge in [0.2, 0.25) is 0 Å². The van der Waals surface area contributed by atoms with E-state index in [-0.39, 0.29) is 11.4 Å². The molecule has 3 aromatic heterocycles. The standard InChI is InChI=1S/C25H25FN6O2/c26-20-5-3-19(4-6-20)21-7-8-22-24(30-21)32(17-18-2-1-9-27-16-18)25(33)23(29-22)28-10-11-31-12-14-34-15-13-31/h1-9,16H,10-15,17H2,(H,28,29). The number of rotatable bonds is 7. The summed E-state index contributed by atoms with van der Waals surface area (Å²) in [5.41, 5.74) is 3.10. The Kier molecular flexibility index (Phi) is 6.55. The van der Waals surface area contributed by atoms with Crippen molar-refractivity contribution in [3.63, 3.8) is 0 Å². The zero-order chi connectivity index (χ0) is 23.3. The molecule has 0 radical (unpaired) electrons. The van der Waals surface area contributed by atoms with Gasteiger partial charge in [0.05, 0.1) is 25.5 Å². The number of ether oxygens (including phenoxy) is 1. The Hall–Kier alpha value is -3.69. The molecule has 1 N–H and O–H groups in total. The van der Waals surface area contributed by atoms with Crippen LogP contribution in [0.25, 0.3) is 22.4 Å². The van der Waals surface area contributed by atoms with E-state index in [1.807, 2.05) is 24.3 Å². The maximum Gasteiger partial charge on any atom is 0.295 e. The molecule has 4 aromatic rings. The van der Waals surface area contributed by atoms with Gasteiger partial charge >= 0.3 is 0 Å². The highest BCUT2D eigenvalue weighted by atomic mass is 19.1. The summed E-state index contributed by atoms with van der Waals surface area (Å²) < 4.78 is 20.4. The molecule has 0 aliphatic carbocycles. The highest BCUT2D eigenvalue weighted by Gasteiger charge is 2.15. The molecule has 0 spiro atoms. The average molecular weight is 461 g/mol. The predicted octanol–water partition coefficient (Wildman–Crippen LogP) is 2.79. The minimum Gasteiger partial charge on any atom is -0.379 e. The molecule has 0 amide bonds. The van der Waals surface area contributed by atoms with Gasteiger partial charge in [0.1, 0.15) is 11.3 Å². The van der Waals surface area contributed by atoms with Crippen molar-refractivity contribution >= 4 is 17.0 Å². The summed E-state index contributed by atoms with van der Waals surface area (Å²) in [5.74, 6) is -0.0199. The number of anilines is 1. The highest BCUT2D eigenvalue weighted by molar-refractivity contribution is 5.76. The summed E-state index contributed by atoms with van der Waals surface area (Å²) in [6, 6.07) is 13.5. The lowest BCUT2D eigenvalue weighted by Gasteiger charge is -2.26. The number of pyridine rings is 2. The molecule has 8 nitrogen and oxygen atoms in total. The minimum absolute atomic E-state index is 0.248. The molecular formula is C25H25FN6O2. The van der Waals surface area contributed by atoms with Crippen LogP contribution >= 0.6 is 0 Å². The molecule has 174 valence electrons. The second-order valence-electron chi connectivity index (χ2n) is 8.14. The zero-order valence-electron chi connectivity index (χ0n) is 18.7. The van der Waals surface area contributed by atoms with Crippen LogP contribution in [0.2, 0.25) is 0 Å². The first-order valence-corrected chi connectivity index (χ1v) is 11.3. The lowest BCUT2D eigenvalue weighted by Crippen LogP contribution is -2.39. The van der Waals surface area contributed by atoms with Crippen molar-refractivity contribution in [2.45, 2.75) is 6.54 Å². The first kappa shape index (κ1) is 22.1. The third kappa shape index (κ3) is 4.95. The number of nitrogens with zero attached hydrogens (tertiary/aromatic N) is 5. The smallest absolute Gasteiger partial charge is 0.295 e. The Labute approximate surface area is 196 Å². The molecule has 5 rings (SSSR count). The molecular weight excluding hydrogens is 435 g/mol. The van der Waals surface area contributed by atoms with Crippen LogP contribution in [0.4, 0.5) is 10.2 Å². The zero-order valence-corrected chi connectivity index (χ0v) is 18.7. The van der Waals surface area contributed by atoms with E-state index in [9.17, 15) is 9.18 Å². The number of aromatic nitrogens is 4. The molecule has 1 saturated heterocycles. The molecule has 0 saturated carbocycles. The van der Waals surface area contributed by atoms with Crippen LogP contribution in [0.1, 0.15) is 5.56 Å². The molecule has 1 aliphatic heterocycles. The topological polar surface area (TPSA) is 85.2 Å². The maximum atomic E-state index is 13.5.